The molecule has 1 fully saturated rings. The van der Waals surface area contributed by atoms with E-state index in [1.165, 1.54) is 12.1 Å². The molecule has 11 heteroatoms. The smallest absolute Gasteiger partial charge is 0.227 e. The first-order valence-corrected chi connectivity index (χ1v) is 15.1. The highest BCUT2D eigenvalue weighted by Gasteiger charge is 2.23. The fraction of sp³-hybridized carbons (Fsp3) is 0.265. The van der Waals surface area contributed by atoms with Crippen molar-refractivity contribution in [2.45, 2.75) is 25.7 Å². The van der Waals surface area contributed by atoms with Crippen molar-refractivity contribution in [3.63, 3.8) is 0 Å². The number of carbonyl (C=O) groups is 1. The lowest BCUT2D eigenvalue weighted by Crippen LogP contribution is -2.20. The van der Waals surface area contributed by atoms with E-state index in [4.69, 9.17) is 4.74 Å². The molecule has 3 N–H and O–H groups in total. The van der Waals surface area contributed by atoms with Crippen molar-refractivity contribution in [3.05, 3.63) is 73.1 Å². The molecule has 0 unspecified atom stereocenters. The minimum Gasteiger partial charge on any atom is -0.492 e. The summed E-state index contributed by atoms with van der Waals surface area (Å²) in [7, 11) is 3.92. The molecule has 1 aliphatic carbocycles. The highest BCUT2D eigenvalue weighted by molar-refractivity contribution is 6.00. The molecule has 0 atom stereocenters. The highest BCUT2D eigenvalue weighted by Crippen LogP contribution is 2.35. The van der Waals surface area contributed by atoms with Crippen molar-refractivity contribution in [2.24, 2.45) is 5.92 Å². The Morgan fingerprint density at radius 3 is 2.67 bits per heavy atom. The molecule has 5 heterocycles. The third-order valence-corrected chi connectivity index (χ3v) is 8.24. The zero-order valence-electron chi connectivity index (χ0n) is 25.1. The molecule has 0 aliphatic heterocycles. The maximum absolute atomic E-state index is 14.7. The standard InChI is InChI=1S/C34H33FN8O2/c1-43(2)9-10-45-26-13-21(11-24(35)15-26)31-27-16-30(40-29(27)7-8-37-31)32-28-14-23(18-38-33(28)42-41-32)22-12-25(19-36-17-22)39-34(44)20-5-3-4-6-20/h7-8,11-20,40H,3-6,9-10H2,1-2H3,(H,39,44)(H,38,41,42). The number of aromatic amines is 2. The van der Waals surface area contributed by atoms with E-state index in [9.17, 15) is 9.18 Å². The van der Waals surface area contributed by atoms with Gasteiger partial charge in [-0.15, -0.1) is 0 Å². The van der Waals surface area contributed by atoms with Gasteiger partial charge in [-0.25, -0.2) is 9.37 Å². The normalized spacial score (nSPS) is 13.7. The third-order valence-electron chi connectivity index (χ3n) is 8.24. The zero-order chi connectivity index (χ0) is 30.9. The van der Waals surface area contributed by atoms with E-state index < -0.39 is 5.82 Å². The summed E-state index contributed by atoms with van der Waals surface area (Å²) in [6.45, 7) is 1.16. The Balaban J connectivity index is 1.20. The van der Waals surface area contributed by atoms with E-state index in [2.05, 4.69) is 35.5 Å². The minimum atomic E-state index is -0.393. The summed E-state index contributed by atoms with van der Waals surface area (Å²) in [6.07, 6.45) is 10.9. The molecule has 228 valence electrons. The number of amides is 1. The van der Waals surface area contributed by atoms with Gasteiger partial charge in [0.1, 0.15) is 23.9 Å². The first kappa shape index (κ1) is 28.6. The molecule has 0 radical (unpaired) electrons. The monoisotopic (exact) mass is 604 g/mol. The van der Waals surface area contributed by atoms with E-state index in [0.29, 0.717) is 47.2 Å². The van der Waals surface area contributed by atoms with Gasteiger partial charge in [0.05, 0.1) is 23.3 Å². The minimum absolute atomic E-state index is 0.0520. The molecular weight excluding hydrogens is 571 g/mol. The Morgan fingerprint density at radius 1 is 0.978 bits per heavy atom. The maximum Gasteiger partial charge on any atom is 0.227 e. The lowest BCUT2D eigenvalue weighted by molar-refractivity contribution is -0.119. The van der Waals surface area contributed by atoms with Crippen LogP contribution in [0.2, 0.25) is 0 Å². The number of H-pyrrole nitrogens is 2. The van der Waals surface area contributed by atoms with Crippen molar-refractivity contribution in [2.75, 3.05) is 32.6 Å². The van der Waals surface area contributed by atoms with E-state index >= 15 is 0 Å². The number of anilines is 1. The third kappa shape index (κ3) is 5.99. The van der Waals surface area contributed by atoms with Crippen LogP contribution in [-0.4, -0.2) is 68.2 Å². The largest absolute Gasteiger partial charge is 0.492 e. The topological polar surface area (TPSA) is 125 Å². The van der Waals surface area contributed by atoms with Gasteiger partial charge < -0.3 is 19.9 Å². The molecule has 0 spiro atoms. The van der Waals surface area contributed by atoms with Crippen LogP contribution in [0.5, 0.6) is 5.75 Å². The number of halogens is 1. The number of fused-ring (bicyclic) bond motifs is 2. The Kier molecular flexibility index (Phi) is 7.68. The van der Waals surface area contributed by atoms with Gasteiger partial charge in [-0.05, 0) is 63.3 Å². The van der Waals surface area contributed by atoms with Crippen LogP contribution < -0.4 is 10.1 Å². The molecular formula is C34H33FN8O2. The lowest BCUT2D eigenvalue weighted by Gasteiger charge is -2.12. The SMILES string of the molecule is CN(C)CCOc1cc(F)cc(-c2nccc3[nH]c(-c4n[nH]c5ncc(-c6cncc(NC(=O)C7CCCC7)c6)cc45)cc23)c1. The molecule has 45 heavy (non-hydrogen) atoms. The molecule has 1 aliphatic rings. The summed E-state index contributed by atoms with van der Waals surface area (Å²) in [5.41, 5.74) is 6.51. The number of ether oxygens (including phenoxy) is 1. The van der Waals surface area contributed by atoms with Crippen LogP contribution in [0.4, 0.5) is 10.1 Å². The lowest BCUT2D eigenvalue weighted by atomic mass is 10.1. The number of carbonyl (C=O) groups excluding carboxylic acids is 1. The predicted octanol–water partition coefficient (Wildman–Crippen LogP) is 6.44. The fourth-order valence-corrected chi connectivity index (χ4v) is 5.91. The van der Waals surface area contributed by atoms with Crippen molar-refractivity contribution in [1.82, 2.24) is 35.0 Å². The molecule has 0 saturated heterocycles. The summed E-state index contributed by atoms with van der Waals surface area (Å²) in [5, 5.41) is 12.3. The van der Waals surface area contributed by atoms with Crippen LogP contribution in [-0.2, 0) is 4.79 Å². The second-order valence-corrected chi connectivity index (χ2v) is 11.8. The highest BCUT2D eigenvalue weighted by atomic mass is 19.1. The summed E-state index contributed by atoms with van der Waals surface area (Å²) >= 11 is 0. The number of nitrogens with zero attached hydrogens (tertiary/aromatic N) is 5. The van der Waals surface area contributed by atoms with Gasteiger partial charge in [0.15, 0.2) is 5.65 Å². The van der Waals surface area contributed by atoms with Gasteiger partial charge in [-0.3, -0.25) is 19.9 Å². The molecule has 5 aromatic heterocycles. The van der Waals surface area contributed by atoms with Crippen LogP contribution in [0.1, 0.15) is 25.7 Å². The van der Waals surface area contributed by atoms with E-state index in [0.717, 1.165) is 58.8 Å². The fourth-order valence-electron chi connectivity index (χ4n) is 5.91. The zero-order valence-corrected chi connectivity index (χ0v) is 25.1. The van der Waals surface area contributed by atoms with E-state index in [-0.39, 0.29) is 11.8 Å². The van der Waals surface area contributed by atoms with E-state index in [1.807, 2.05) is 49.3 Å². The number of rotatable bonds is 9. The number of aromatic nitrogens is 6. The average molecular weight is 605 g/mol. The van der Waals surface area contributed by atoms with Crippen LogP contribution in [0.15, 0.2) is 67.3 Å². The predicted molar refractivity (Wildman–Crippen MR) is 172 cm³/mol. The van der Waals surface area contributed by atoms with Crippen molar-refractivity contribution in [1.29, 1.82) is 0 Å². The Bertz CT molecular complexity index is 2010. The molecule has 6 aromatic rings. The van der Waals surface area contributed by atoms with Gasteiger partial charge in [0.25, 0.3) is 0 Å². The maximum atomic E-state index is 14.7. The second-order valence-electron chi connectivity index (χ2n) is 11.8. The molecule has 7 rings (SSSR count). The average Bonchev–Trinajstić information content (AvgIpc) is 3.80. The first-order chi connectivity index (χ1) is 21.9. The van der Waals surface area contributed by atoms with Gasteiger partial charge in [-0.1, -0.05) is 12.8 Å². The number of nitrogens with one attached hydrogen (secondary N) is 3. The molecule has 1 saturated carbocycles. The van der Waals surface area contributed by atoms with Crippen LogP contribution >= 0.6 is 0 Å². The van der Waals surface area contributed by atoms with Crippen molar-refractivity contribution >= 4 is 33.5 Å². The second kappa shape index (κ2) is 12.1. The van der Waals surface area contributed by atoms with Gasteiger partial charge >= 0.3 is 0 Å². The van der Waals surface area contributed by atoms with E-state index in [1.54, 1.807) is 24.8 Å². The quantitative estimate of drug-likeness (QED) is 0.174. The van der Waals surface area contributed by atoms with Crippen molar-refractivity contribution < 1.29 is 13.9 Å². The summed E-state index contributed by atoms with van der Waals surface area (Å²) in [4.78, 5) is 31.7. The van der Waals surface area contributed by atoms with Crippen molar-refractivity contribution in [3.8, 4) is 39.5 Å². The Morgan fingerprint density at radius 2 is 1.82 bits per heavy atom. The number of hydrogen-bond donors (Lipinski definition) is 3. The summed E-state index contributed by atoms with van der Waals surface area (Å²) < 4.78 is 20.5. The Labute approximate surface area is 259 Å². The summed E-state index contributed by atoms with van der Waals surface area (Å²) in [5.74, 6) is 0.179. The van der Waals surface area contributed by atoms with Gasteiger partial charge in [-0.2, -0.15) is 5.10 Å². The molecule has 10 nitrogen and oxygen atoms in total. The number of benzene rings is 1. The number of hydrogen-bond acceptors (Lipinski definition) is 7. The molecule has 1 amide bonds. The number of likely N-dealkylation sites (N-methyl/N-ethyl adjacent to an activating group) is 1. The number of pyridine rings is 3. The molecule has 1 aromatic carbocycles. The van der Waals surface area contributed by atoms with Gasteiger partial charge in [0.2, 0.25) is 5.91 Å². The van der Waals surface area contributed by atoms with Gasteiger partial charge in [0, 0.05) is 70.1 Å². The van der Waals surface area contributed by atoms with Crippen LogP contribution in [0.25, 0.3) is 55.7 Å². The first-order valence-electron chi connectivity index (χ1n) is 15.1. The molecule has 0 bridgehead atoms. The van der Waals surface area contributed by atoms with Crippen LogP contribution in [0.3, 0.4) is 0 Å². The summed E-state index contributed by atoms with van der Waals surface area (Å²) in [6, 6.07) is 12.4. The van der Waals surface area contributed by atoms with Crippen LogP contribution in [0, 0.1) is 11.7 Å². The Hall–Kier alpha value is -5.16.